The van der Waals surface area contributed by atoms with Gasteiger partial charge in [-0.25, -0.2) is 4.98 Å². The van der Waals surface area contributed by atoms with Crippen LogP contribution in [-0.4, -0.2) is 20.8 Å². The molecule has 0 unspecified atom stereocenters. The van der Waals surface area contributed by atoms with Crippen LogP contribution in [0.1, 0.15) is 30.2 Å². The molecule has 0 amide bonds. The van der Waals surface area contributed by atoms with Crippen LogP contribution in [0.25, 0.3) is 0 Å². The Morgan fingerprint density at radius 1 is 1.41 bits per heavy atom. The van der Waals surface area contributed by atoms with E-state index in [1.165, 1.54) is 0 Å². The van der Waals surface area contributed by atoms with E-state index in [-0.39, 0.29) is 0 Å². The zero-order chi connectivity index (χ0) is 12.3. The molecule has 0 fully saturated rings. The number of nitrogens with zero attached hydrogens (tertiary/aromatic N) is 3. The second-order valence-electron chi connectivity index (χ2n) is 4.40. The van der Waals surface area contributed by atoms with E-state index in [0.29, 0.717) is 6.04 Å². The highest BCUT2D eigenvalue weighted by atomic mass is 32.1. The van der Waals surface area contributed by atoms with Crippen molar-refractivity contribution < 1.29 is 0 Å². The van der Waals surface area contributed by atoms with Crippen LogP contribution in [0, 0.1) is 6.92 Å². The van der Waals surface area contributed by atoms with Gasteiger partial charge in [0.15, 0.2) is 0 Å². The number of nitrogens with one attached hydrogen (secondary N) is 1. The summed E-state index contributed by atoms with van der Waals surface area (Å²) in [6.07, 6.45) is 2.01. The Hall–Kier alpha value is -1.20. The Morgan fingerprint density at radius 3 is 2.88 bits per heavy atom. The predicted molar refractivity (Wildman–Crippen MR) is 70.2 cm³/mol. The van der Waals surface area contributed by atoms with Crippen molar-refractivity contribution in [2.45, 2.75) is 39.9 Å². The molecule has 0 aliphatic rings. The van der Waals surface area contributed by atoms with Gasteiger partial charge in [-0.15, -0.1) is 11.3 Å². The average Bonchev–Trinajstić information content (AvgIpc) is 2.86. The molecular weight excluding hydrogens is 232 g/mol. The second-order valence-corrected chi connectivity index (χ2v) is 5.46. The normalized spacial score (nSPS) is 11.3. The van der Waals surface area contributed by atoms with Crippen LogP contribution >= 0.6 is 11.3 Å². The molecule has 2 heterocycles. The molecule has 0 radical (unpaired) electrons. The molecule has 5 heteroatoms. The molecule has 17 heavy (non-hydrogen) atoms. The van der Waals surface area contributed by atoms with Crippen molar-refractivity contribution in [3.8, 4) is 0 Å². The summed E-state index contributed by atoms with van der Waals surface area (Å²) in [4.78, 5) is 4.43. The molecule has 0 atom stereocenters. The zero-order valence-electron chi connectivity index (χ0n) is 10.5. The Balaban J connectivity index is 1.94. The van der Waals surface area contributed by atoms with E-state index in [1.54, 1.807) is 11.3 Å². The van der Waals surface area contributed by atoms with Crippen LogP contribution in [0.4, 0.5) is 0 Å². The minimum Gasteiger partial charge on any atom is -0.309 e. The van der Waals surface area contributed by atoms with E-state index >= 15 is 0 Å². The third-order valence-corrected chi connectivity index (χ3v) is 3.20. The summed E-state index contributed by atoms with van der Waals surface area (Å²) in [6.45, 7) is 7.87. The lowest BCUT2D eigenvalue weighted by Gasteiger charge is -2.05. The number of aryl methyl sites for hydroxylation is 1. The van der Waals surface area contributed by atoms with Crippen molar-refractivity contribution in [1.29, 1.82) is 0 Å². The third-order valence-electron chi connectivity index (χ3n) is 2.38. The first-order valence-electron chi connectivity index (χ1n) is 5.80. The Kier molecular flexibility index (Phi) is 3.91. The van der Waals surface area contributed by atoms with E-state index in [9.17, 15) is 0 Å². The largest absolute Gasteiger partial charge is 0.309 e. The topological polar surface area (TPSA) is 42.7 Å². The SMILES string of the molecule is Cc1nc(Cn2ccc(CNC(C)C)n2)cs1. The van der Waals surface area contributed by atoms with Gasteiger partial charge in [0.2, 0.25) is 0 Å². The van der Waals surface area contributed by atoms with Gasteiger partial charge in [-0.3, -0.25) is 4.68 Å². The molecule has 4 nitrogen and oxygen atoms in total. The number of thiazole rings is 1. The van der Waals surface area contributed by atoms with E-state index in [0.717, 1.165) is 29.5 Å². The first kappa shape index (κ1) is 12.3. The first-order chi connectivity index (χ1) is 8.13. The fourth-order valence-electron chi connectivity index (χ4n) is 1.54. The molecule has 2 aromatic heterocycles. The summed E-state index contributed by atoms with van der Waals surface area (Å²) in [5.41, 5.74) is 2.16. The first-order valence-corrected chi connectivity index (χ1v) is 6.68. The van der Waals surface area contributed by atoms with Gasteiger partial charge < -0.3 is 5.32 Å². The zero-order valence-corrected chi connectivity index (χ0v) is 11.3. The molecule has 92 valence electrons. The third kappa shape index (κ3) is 3.64. The quantitative estimate of drug-likeness (QED) is 0.884. The van der Waals surface area contributed by atoms with Gasteiger partial charge in [0.25, 0.3) is 0 Å². The predicted octanol–water partition coefficient (Wildman–Crippen LogP) is 2.19. The molecule has 0 bridgehead atoms. The highest BCUT2D eigenvalue weighted by Crippen LogP contribution is 2.09. The highest BCUT2D eigenvalue weighted by molar-refractivity contribution is 7.09. The maximum Gasteiger partial charge on any atom is 0.0898 e. The molecule has 0 spiro atoms. The second kappa shape index (κ2) is 5.42. The molecule has 2 aromatic rings. The monoisotopic (exact) mass is 250 g/mol. The number of rotatable bonds is 5. The van der Waals surface area contributed by atoms with Crippen LogP contribution < -0.4 is 5.32 Å². The molecule has 1 N–H and O–H groups in total. The van der Waals surface area contributed by atoms with Crippen molar-refractivity contribution in [2.75, 3.05) is 0 Å². The van der Waals surface area contributed by atoms with Crippen molar-refractivity contribution in [2.24, 2.45) is 0 Å². The summed E-state index contributed by atoms with van der Waals surface area (Å²) < 4.78 is 1.94. The lowest BCUT2D eigenvalue weighted by atomic mass is 10.3. The van der Waals surface area contributed by atoms with Gasteiger partial charge >= 0.3 is 0 Å². The molecule has 0 saturated carbocycles. The Morgan fingerprint density at radius 2 is 2.24 bits per heavy atom. The minimum atomic E-state index is 0.487. The molecule has 0 saturated heterocycles. The summed E-state index contributed by atoms with van der Waals surface area (Å²) in [7, 11) is 0. The average molecular weight is 250 g/mol. The molecule has 0 aliphatic carbocycles. The smallest absolute Gasteiger partial charge is 0.0898 e. The minimum absolute atomic E-state index is 0.487. The Bertz CT molecular complexity index is 472. The lowest BCUT2D eigenvalue weighted by molar-refractivity contribution is 0.569. The molecular formula is C12H18N4S. The maximum absolute atomic E-state index is 4.51. The Labute approximate surface area is 106 Å². The van der Waals surface area contributed by atoms with Crippen LogP contribution in [0.5, 0.6) is 0 Å². The summed E-state index contributed by atoms with van der Waals surface area (Å²) in [5.74, 6) is 0. The van der Waals surface area contributed by atoms with Gasteiger partial charge in [-0.05, 0) is 13.0 Å². The fourth-order valence-corrected chi connectivity index (χ4v) is 2.15. The van der Waals surface area contributed by atoms with E-state index in [2.05, 4.69) is 40.7 Å². The number of aromatic nitrogens is 3. The van der Waals surface area contributed by atoms with Crippen LogP contribution in [0.15, 0.2) is 17.6 Å². The van der Waals surface area contributed by atoms with Gasteiger partial charge in [-0.1, -0.05) is 13.8 Å². The maximum atomic E-state index is 4.51. The number of hydrogen-bond acceptors (Lipinski definition) is 4. The van der Waals surface area contributed by atoms with E-state index in [4.69, 9.17) is 0 Å². The van der Waals surface area contributed by atoms with Crippen molar-refractivity contribution in [3.05, 3.63) is 34.0 Å². The van der Waals surface area contributed by atoms with Crippen LogP contribution in [0.2, 0.25) is 0 Å². The molecule has 0 aliphatic heterocycles. The van der Waals surface area contributed by atoms with Crippen LogP contribution in [-0.2, 0) is 13.1 Å². The summed E-state index contributed by atoms with van der Waals surface area (Å²) >= 11 is 1.68. The molecule has 2 rings (SSSR count). The van der Waals surface area contributed by atoms with Gasteiger partial charge in [0.05, 0.1) is 22.9 Å². The summed E-state index contributed by atoms with van der Waals surface area (Å²) in [6, 6.07) is 2.54. The van der Waals surface area contributed by atoms with Gasteiger partial charge in [0.1, 0.15) is 0 Å². The van der Waals surface area contributed by atoms with E-state index < -0.39 is 0 Å². The van der Waals surface area contributed by atoms with Gasteiger partial charge in [0, 0.05) is 24.2 Å². The van der Waals surface area contributed by atoms with Crippen LogP contribution in [0.3, 0.4) is 0 Å². The van der Waals surface area contributed by atoms with Crippen molar-refractivity contribution in [1.82, 2.24) is 20.1 Å². The van der Waals surface area contributed by atoms with E-state index in [1.807, 2.05) is 17.8 Å². The highest BCUT2D eigenvalue weighted by Gasteiger charge is 2.03. The molecule has 0 aromatic carbocycles. The lowest BCUT2D eigenvalue weighted by Crippen LogP contribution is -2.22. The van der Waals surface area contributed by atoms with Gasteiger partial charge in [-0.2, -0.15) is 5.10 Å². The van der Waals surface area contributed by atoms with Crippen molar-refractivity contribution >= 4 is 11.3 Å². The van der Waals surface area contributed by atoms with Crippen molar-refractivity contribution in [3.63, 3.8) is 0 Å². The summed E-state index contributed by atoms with van der Waals surface area (Å²) in [5, 5.41) is 11.1. The standard InChI is InChI=1S/C12H18N4S/c1-9(2)13-6-11-4-5-16(15-11)7-12-8-17-10(3)14-12/h4-5,8-9,13H,6-7H2,1-3H3. The fraction of sp³-hybridized carbons (Fsp3) is 0.500. The number of hydrogen-bond donors (Lipinski definition) is 1.